The zero-order valence-electron chi connectivity index (χ0n) is 10.9. The Hall–Kier alpha value is -0.820. The number of hydrogen-bond donors (Lipinski definition) is 1. The van der Waals surface area contributed by atoms with E-state index in [9.17, 15) is 5.11 Å². The van der Waals surface area contributed by atoms with E-state index < -0.39 is 0 Å². The van der Waals surface area contributed by atoms with Gasteiger partial charge in [0.1, 0.15) is 0 Å². The van der Waals surface area contributed by atoms with Gasteiger partial charge in [-0.2, -0.15) is 0 Å². The van der Waals surface area contributed by atoms with Crippen LogP contribution in [0.15, 0.2) is 24.3 Å². The first-order chi connectivity index (χ1) is 8.81. The van der Waals surface area contributed by atoms with Crippen LogP contribution in [0.5, 0.6) is 0 Å². The summed E-state index contributed by atoms with van der Waals surface area (Å²) in [6.07, 6.45) is 7.68. The summed E-state index contributed by atoms with van der Waals surface area (Å²) >= 11 is 0. The lowest BCUT2D eigenvalue weighted by atomic mass is 9.72. The third kappa shape index (κ3) is 1.64. The predicted molar refractivity (Wildman–Crippen MR) is 72.4 cm³/mol. The maximum absolute atomic E-state index is 10.5. The Kier molecular flexibility index (Phi) is 2.51. The van der Waals surface area contributed by atoms with E-state index in [1.54, 1.807) is 0 Å². The minimum atomic E-state index is -0.0429. The largest absolute Gasteiger partial charge is 0.393 e. The van der Waals surface area contributed by atoms with E-state index in [0.717, 1.165) is 18.3 Å². The van der Waals surface area contributed by atoms with Gasteiger partial charge in [0.2, 0.25) is 0 Å². The first kappa shape index (κ1) is 11.0. The molecule has 0 spiro atoms. The quantitative estimate of drug-likeness (QED) is 0.860. The van der Waals surface area contributed by atoms with Crippen molar-refractivity contribution in [3.05, 3.63) is 35.4 Å². The lowest BCUT2D eigenvalue weighted by molar-refractivity contribution is 0.0593. The van der Waals surface area contributed by atoms with Gasteiger partial charge < -0.3 is 5.11 Å². The van der Waals surface area contributed by atoms with Gasteiger partial charge in [0.15, 0.2) is 0 Å². The van der Waals surface area contributed by atoms with Crippen molar-refractivity contribution in [2.75, 3.05) is 0 Å². The SMILES string of the molecule is OC(CC1Cc2ccccc21)C1CC2CCC1C2. The van der Waals surface area contributed by atoms with Crippen LogP contribution in [-0.4, -0.2) is 11.2 Å². The standard InChI is InChI=1S/C17H22O/c18-17(16-8-11-5-6-13(16)7-11)10-14-9-12-3-1-2-4-15(12)14/h1-4,11,13-14,16-18H,5-10H2. The molecule has 1 aromatic rings. The fourth-order valence-electron chi connectivity index (χ4n) is 4.80. The maximum Gasteiger partial charge on any atom is 0.0577 e. The highest BCUT2D eigenvalue weighted by Gasteiger charge is 2.43. The van der Waals surface area contributed by atoms with Crippen molar-refractivity contribution < 1.29 is 5.11 Å². The van der Waals surface area contributed by atoms with E-state index in [1.807, 2.05) is 0 Å². The molecule has 3 aliphatic rings. The molecule has 2 fully saturated rings. The molecule has 5 unspecified atom stereocenters. The molecule has 0 saturated heterocycles. The van der Waals surface area contributed by atoms with Gasteiger partial charge in [-0.05, 0) is 66.9 Å². The molecule has 5 atom stereocenters. The highest BCUT2D eigenvalue weighted by atomic mass is 16.3. The second-order valence-electron chi connectivity index (χ2n) is 6.74. The lowest BCUT2D eigenvalue weighted by Crippen LogP contribution is -2.30. The molecule has 1 N–H and O–H groups in total. The fourth-order valence-corrected chi connectivity index (χ4v) is 4.80. The number of aliphatic hydroxyl groups is 1. The average Bonchev–Trinajstić information content (AvgIpc) is 2.98. The maximum atomic E-state index is 10.5. The van der Waals surface area contributed by atoms with Crippen molar-refractivity contribution in [1.82, 2.24) is 0 Å². The molecule has 96 valence electrons. The summed E-state index contributed by atoms with van der Waals surface area (Å²) in [7, 11) is 0. The molecule has 0 radical (unpaired) electrons. The molecule has 0 aliphatic heterocycles. The molecule has 0 heterocycles. The van der Waals surface area contributed by atoms with Crippen LogP contribution in [0.2, 0.25) is 0 Å². The Morgan fingerprint density at radius 2 is 2.06 bits per heavy atom. The Bertz CT molecular complexity index is 453. The van der Waals surface area contributed by atoms with E-state index in [-0.39, 0.29) is 6.10 Å². The van der Waals surface area contributed by atoms with Crippen molar-refractivity contribution in [1.29, 1.82) is 0 Å². The topological polar surface area (TPSA) is 20.2 Å². The molecule has 3 aliphatic carbocycles. The summed E-state index contributed by atoms with van der Waals surface area (Å²) in [4.78, 5) is 0. The lowest BCUT2D eigenvalue weighted by Gasteiger charge is -2.35. The number of hydrogen-bond acceptors (Lipinski definition) is 1. The zero-order valence-corrected chi connectivity index (χ0v) is 10.9. The summed E-state index contributed by atoms with van der Waals surface area (Å²) in [6.45, 7) is 0. The van der Waals surface area contributed by atoms with Crippen molar-refractivity contribution in [3.8, 4) is 0 Å². The summed E-state index contributed by atoms with van der Waals surface area (Å²) in [5.41, 5.74) is 3.00. The van der Waals surface area contributed by atoms with Crippen molar-refractivity contribution >= 4 is 0 Å². The van der Waals surface area contributed by atoms with Gasteiger partial charge in [0.25, 0.3) is 0 Å². The van der Waals surface area contributed by atoms with E-state index in [4.69, 9.17) is 0 Å². The van der Waals surface area contributed by atoms with E-state index in [0.29, 0.717) is 11.8 Å². The van der Waals surface area contributed by atoms with Gasteiger partial charge >= 0.3 is 0 Å². The summed E-state index contributed by atoms with van der Waals surface area (Å²) in [6, 6.07) is 8.74. The van der Waals surface area contributed by atoms with Crippen LogP contribution in [-0.2, 0) is 6.42 Å². The Morgan fingerprint density at radius 3 is 2.78 bits per heavy atom. The molecule has 1 aromatic carbocycles. The third-order valence-electron chi connectivity index (χ3n) is 5.77. The summed E-state index contributed by atoms with van der Waals surface area (Å²) in [5, 5.41) is 10.5. The van der Waals surface area contributed by atoms with Crippen LogP contribution in [0.25, 0.3) is 0 Å². The number of aliphatic hydroxyl groups excluding tert-OH is 1. The molecule has 2 bridgehead atoms. The molecule has 1 nitrogen and oxygen atoms in total. The van der Waals surface area contributed by atoms with Gasteiger partial charge in [0, 0.05) is 0 Å². The average molecular weight is 242 g/mol. The third-order valence-corrected chi connectivity index (χ3v) is 5.77. The van der Waals surface area contributed by atoms with Gasteiger partial charge in [0.05, 0.1) is 6.10 Å². The number of benzene rings is 1. The Balaban J connectivity index is 1.41. The van der Waals surface area contributed by atoms with Crippen molar-refractivity contribution in [2.24, 2.45) is 17.8 Å². The molecule has 0 aromatic heterocycles. The first-order valence-corrected chi connectivity index (χ1v) is 7.57. The minimum Gasteiger partial charge on any atom is -0.393 e. The van der Waals surface area contributed by atoms with Gasteiger partial charge in [-0.3, -0.25) is 0 Å². The van der Waals surface area contributed by atoms with Crippen LogP contribution in [0.3, 0.4) is 0 Å². The van der Waals surface area contributed by atoms with Crippen LogP contribution < -0.4 is 0 Å². The van der Waals surface area contributed by atoms with Crippen molar-refractivity contribution in [3.63, 3.8) is 0 Å². The van der Waals surface area contributed by atoms with Crippen LogP contribution in [0.1, 0.15) is 49.1 Å². The van der Waals surface area contributed by atoms with E-state index in [2.05, 4.69) is 24.3 Å². The van der Waals surface area contributed by atoms with Crippen LogP contribution in [0, 0.1) is 17.8 Å². The zero-order chi connectivity index (χ0) is 12.1. The van der Waals surface area contributed by atoms with Gasteiger partial charge in [-0.25, -0.2) is 0 Å². The highest BCUT2D eigenvalue weighted by molar-refractivity contribution is 5.39. The van der Waals surface area contributed by atoms with Gasteiger partial charge in [-0.1, -0.05) is 30.7 Å². The predicted octanol–water partition coefficient (Wildman–Crippen LogP) is 3.51. The summed E-state index contributed by atoms with van der Waals surface area (Å²) < 4.78 is 0. The Labute approximate surface area is 109 Å². The molecule has 1 heteroatoms. The molecular formula is C17H22O. The summed E-state index contributed by atoms with van der Waals surface area (Å²) in [5.74, 6) is 3.05. The monoisotopic (exact) mass is 242 g/mol. The van der Waals surface area contributed by atoms with Crippen molar-refractivity contribution in [2.45, 2.75) is 50.5 Å². The molecule has 4 rings (SSSR count). The molecule has 2 saturated carbocycles. The van der Waals surface area contributed by atoms with Crippen LogP contribution in [0.4, 0.5) is 0 Å². The molecule has 0 amide bonds. The smallest absolute Gasteiger partial charge is 0.0577 e. The van der Waals surface area contributed by atoms with Crippen LogP contribution >= 0.6 is 0 Å². The van der Waals surface area contributed by atoms with E-state index in [1.165, 1.54) is 43.2 Å². The van der Waals surface area contributed by atoms with Gasteiger partial charge in [-0.15, -0.1) is 0 Å². The number of fused-ring (bicyclic) bond motifs is 3. The second kappa shape index (κ2) is 4.09. The van der Waals surface area contributed by atoms with E-state index >= 15 is 0 Å². The first-order valence-electron chi connectivity index (χ1n) is 7.57. The second-order valence-corrected chi connectivity index (χ2v) is 6.74. The Morgan fingerprint density at radius 1 is 1.17 bits per heavy atom. The number of rotatable bonds is 3. The fraction of sp³-hybridized carbons (Fsp3) is 0.647. The molecule has 18 heavy (non-hydrogen) atoms. The molecular weight excluding hydrogens is 220 g/mol. The normalized spacial score (nSPS) is 38.3. The minimum absolute atomic E-state index is 0.0429. The highest BCUT2D eigenvalue weighted by Crippen LogP contribution is 2.51.